The van der Waals surface area contributed by atoms with Gasteiger partial charge in [0, 0.05) is 24.3 Å². The molecule has 2 aliphatic rings. The standard InChI is InChI=1S/C18H24N4O2/c1-10(2)15-8-14(16-11(3)21-24-17(16)20-15)18(23)22-12-4-5-13(22)9-19-7-6-12/h8,10,12-13,19H,4-7,9H2,1-3H3. The van der Waals surface area contributed by atoms with E-state index >= 15 is 0 Å². The minimum atomic E-state index is 0.104. The zero-order valence-electron chi connectivity index (χ0n) is 14.5. The van der Waals surface area contributed by atoms with E-state index in [0.29, 0.717) is 17.3 Å². The average Bonchev–Trinajstić information content (AvgIpc) is 3.05. The van der Waals surface area contributed by atoms with Gasteiger partial charge in [-0.25, -0.2) is 4.98 Å². The van der Waals surface area contributed by atoms with Crippen LogP contribution in [0.4, 0.5) is 0 Å². The van der Waals surface area contributed by atoms with Crippen molar-refractivity contribution in [1.29, 1.82) is 0 Å². The third-order valence-electron chi connectivity index (χ3n) is 5.35. The van der Waals surface area contributed by atoms with Crippen LogP contribution in [0.1, 0.15) is 60.8 Å². The molecular formula is C18H24N4O2. The molecule has 128 valence electrons. The number of aryl methyl sites for hydroxylation is 1. The summed E-state index contributed by atoms with van der Waals surface area (Å²) in [5.41, 5.74) is 2.78. The Bertz CT molecular complexity index is 769. The average molecular weight is 328 g/mol. The van der Waals surface area contributed by atoms with Crippen LogP contribution in [0.5, 0.6) is 0 Å². The summed E-state index contributed by atoms with van der Waals surface area (Å²) in [6.07, 6.45) is 3.21. The Morgan fingerprint density at radius 3 is 2.92 bits per heavy atom. The first-order valence-electron chi connectivity index (χ1n) is 8.86. The van der Waals surface area contributed by atoms with Crippen molar-refractivity contribution < 1.29 is 9.32 Å². The fraction of sp³-hybridized carbons (Fsp3) is 0.611. The molecule has 0 aliphatic carbocycles. The van der Waals surface area contributed by atoms with Gasteiger partial charge in [0.1, 0.15) is 0 Å². The van der Waals surface area contributed by atoms with Crippen LogP contribution in [0.25, 0.3) is 11.1 Å². The number of carbonyl (C=O) groups is 1. The topological polar surface area (TPSA) is 71.3 Å². The van der Waals surface area contributed by atoms with Crippen LogP contribution in [-0.2, 0) is 0 Å². The molecule has 2 atom stereocenters. The quantitative estimate of drug-likeness (QED) is 0.917. The lowest BCUT2D eigenvalue weighted by Gasteiger charge is -2.28. The maximum Gasteiger partial charge on any atom is 0.259 e. The van der Waals surface area contributed by atoms with E-state index in [9.17, 15) is 4.79 Å². The van der Waals surface area contributed by atoms with Gasteiger partial charge in [-0.15, -0.1) is 0 Å². The van der Waals surface area contributed by atoms with E-state index in [2.05, 4.69) is 34.2 Å². The van der Waals surface area contributed by atoms with Gasteiger partial charge in [0.15, 0.2) is 0 Å². The molecule has 2 aromatic heterocycles. The van der Waals surface area contributed by atoms with Gasteiger partial charge < -0.3 is 14.7 Å². The van der Waals surface area contributed by atoms with Crippen molar-refractivity contribution >= 4 is 17.0 Å². The van der Waals surface area contributed by atoms with Crippen LogP contribution in [0.2, 0.25) is 0 Å². The van der Waals surface area contributed by atoms with Crippen molar-refractivity contribution in [3.05, 3.63) is 23.0 Å². The highest BCUT2D eigenvalue weighted by Crippen LogP contribution is 2.32. The van der Waals surface area contributed by atoms with E-state index in [1.54, 1.807) is 0 Å². The van der Waals surface area contributed by atoms with Gasteiger partial charge in [0.2, 0.25) is 0 Å². The number of hydrogen-bond donors (Lipinski definition) is 1. The minimum Gasteiger partial charge on any atom is -0.336 e. The van der Waals surface area contributed by atoms with Gasteiger partial charge in [-0.3, -0.25) is 4.79 Å². The first kappa shape index (κ1) is 15.6. The third-order valence-corrected chi connectivity index (χ3v) is 5.35. The summed E-state index contributed by atoms with van der Waals surface area (Å²) < 4.78 is 5.37. The smallest absolute Gasteiger partial charge is 0.259 e. The normalized spacial score (nSPS) is 23.9. The summed E-state index contributed by atoms with van der Waals surface area (Å²) in [6, 6.07) is 2.57. The Morgan fingerprint density at radius 2 is 2.12 bits per heavy atom. The van der Waals surface area contributed by atoms with E-state index in [4.69, 9.17) is 4.52 Å². The molecular weight excluding hydrogens is 304 g/mol. The third kappa shape index (κ3) is 2.40. The summed E-state index contributed by atoms with van der Waals surface area (Å²) in [4.78, 5) is 20.1. The molecule has 1 N–H and O–H groups in total. The molecule has 6 heteroatoms. The fourth-order valence-electron chi connectivity index (χ4n) is 4.03. The van der Waals surface area contributed by atoms with Crippen LogP contribution in [-0.4, -0.2) is 46.1 Å². The number of hydrogen-bond acceptors (Lipinski definition) is 5. The van der Waals surface area contributed by atoms with Crippen molar-refractivity contribution in [1.82, 2.24) is 20.4 Å². The highest BCUT2D eigenvalue weighted by atomic mass is 16.5. The Morgan fingerprint density at radius 1 is 1.33 bits per heavy atom. The maximum absolute atomic E-state index is 13.5. The van der Waals surface area contributed by atoms with Crippen molar-refractivity contribution in [2.75, 3.05) is 13.1 Å². The van der Waals surface area contributed by atoms with E-state index in [1.165, 1.54) is 0 Å². The molecule has 0 saturated carbocycles. The summed E-state index contributed by atoms with van der Waals surface area (Å²) in [5.74, 6) is 0.334. The van der Waals surface area contributed by atoms with E-state index in [-0.39, 0.29) is 17.9 Å². The van der Waals surface area contributed by atoms with Gasteiger partial charge >= 0.3 is 0 Å². The van der Waals surface area contributed by atoms with E-state index in [0.717, 1.165) is 49.1 Å². The van der Waals surface area contributed by atoms with Crippen LogP contribution in [0.3, 0.4) is 0 Å². The predicted molar refractivity (Wildman–Crippen MR) is 91.1 cm³/mol. The molecule has 2 aromatic rings. The number of pyridine rings is 1. The molecule has 2 bridgehead atoms. The largest absolute Gasteiger partial charge is 0.336 e. The first-order chi connectivity index (χ1) is 11.6. The molecule has 2 saturated heterocycles. The summed E-state index contributed by atoms with van der Waals surface area (Å²) in [5, 5.41) is 8.25. The molecule has 1 amide bonds. The van der Waals surface area contributed by atoms with Gasteiger partial charge in [-0.1, -0.05) is 19.0 Å². The van der Waals surface area contributed by atoms with Crippen LogP contribution in [0, 0.1) is 6.92 Å². The maximum atomic E-state index is 13.5. The Hall–Kier alpha value is -1.95. The number of fused-ring (bicyclic) bond motifs is 3. The molecule has 2 aliphatic heterocycles. The van der Waals surface area contributed by atoms with Crippen molar-refractivity contribution in [2.24, 2.45) is 0 Å². The number of aromatic nitrogens is 2. The van der Waals surface area contributed by atoms with Gasteiger partial charge in [0.05, 0.1) is 16.6 Å². The number of nitrogens with one attached hydrogen (secondary N) is 1. The van der Waals surface area contributed by atoms with Gasteiger partial charge in [0.25, 0.3) is 11.6 Å². The number of carbonyl (C=O) groups excluding carboxylic acids is 1. The number of nitrogens with zero attached hydrogens (tertiary/aromatic N) is 3. The second kappa shape index (κ2) is 5.84. The first-order valence-corrected chi connectivity index (χ1v) is 8.86. The lowest BCUT2D eigenvalue weighted by atomic mass is 10.0. The molecule has 6 nitrogen and oxygen atoms in total. The molecule has 4 heterocycles. The Labute approximate surface area is 141 Å². The zero-order chi connectivity index (χ0) is 16.8. The molecule has 0 spiro atoms. The lowest BCUT2D eigenvalue weighted by Crippen LogP contribution is -2.42. The van der Waals surface area contributed by atoms with Gasteiger partial charge in [-0.2, -0.15) is 0 Å². The van der Waals surface area contributed by atoms with Crippen LogP contribution >= 0.6 is 0 Å². The molecule has 2 unspecified atom stereocenters. The predicted octanol–water partition coefficient (Wildman–Crippen LogP) is 2.62. The summed E-state index contributed by atoms with van der Waals surface area (Å²) in [6.45, 7) is 7.89. The highest BCUT2D eigenvalue weighted by molar-refractivity contribution is 6.06. The SMILES string of the molecule is Cc1noc2nc(C(C)C)cc(C(=O)N3C4CCNCC3CC4)c12. The minimum absolute atomic E-state index is 0.104. The monoisotopic (exact) mass is 328 g/mol. The van der Waals surface area contributed by atoms with Crippen molar-refractivity contribution in [3.8, 4) is 0 Å². The Kier molecular flexibility index (Phi) is 3.79. The molecule has 0 aromatic carbocycles. The zero-order valence-corrected chi connectivity index (χ0v) is 14.5. The molecule has 0 radical (unpaired) electrons. The number of amides is 1. The lowest BCUT2D eigenvalue weighted by molar-refractivity contribution is 0.0682. The molecule has 2 fully saturated rings. The summed E-state index contributed by atoms with van der Waals surface area (Å²) in [7, 11) is 0. The van der Waals surface area contributed by atoms with Crippen molar-refractivity contribution in [3.63, 3.8) is 0 Å². The molecule has 24 heavy (non-hydrogen) atoms. The van der Waals surface area contributed by atoms with E-state index in [1.807, 2.05) is 13.0 Å². The molecule has 4 rings (SSSR count). The van der Waals surface area contributed by atoms with Gasteiger partial charge in [-0.05, 0) is 44.7 Å². The number of rotatable bonds is 2. The van der Waals surface area contributed by atoms with Crippen LogP contribution < -0.4 is 5.32 Å². The summed E-state index contributed by atoms with van der Waals surface area (Å²) >= 11 is 0. The fourth-order valence-corrected chi connectivity index (χ4v) is 4.03. The second-order valence-electron chi connectivity index (χ2n) is 7.29. The highest BCUT2D eigenvalue weighted by Gasteiger charge is 2.39. The van der Waals surface area contributed by atoms with Crippen LogP contribution in [0.15, 0.2) is 10.6 Å². The Balaban J connectivity index is 1.82. The van der Waals surface area contributed by atoms with Crippen molar-refractivity contribution in [2.45, 2.75) is 58.0 Å². The van der Waals surface area contributed by atoms with E-state index < -0.39 is 0 Å². The second-order valence-corrected chi connectivity index (χ2v) is 7.29.